The van der Waals surface area contributed by atoms with E-state index in [0.717, 1.165) is 44.2 Å². The van der Waals surface area contributed by atoms with Gasteiger partial charge in [0.15, 0.2) is 5.82 Å². The molecule has 48 heavy (non-hydrogen) atoms. The molecule has 0 aliphatic heterocycles. The van der Waals surface area contributed by atoms with Crippen LogP contribution in [0.15, 0.2) is 170 Å². The van der Waals surface area contributed by atoms with Crippen LogP contribution in [0.3, 0.4) is 0 Å². The molecule has 0 aliphatic rings. The lowest BCUT2D eigenvalue weighted by molar-refractivity contribution is 1.17. The van der Waals surface area contributed by atoms with E-state index < -0.39 is 0 Å². The number of pyridine rings is 2. The van der Waals surface area contributed by atoms with Gasteiger partial charge in [0, 0.05) is 41.5 Å². The molecule has 0 aliphatic carbocycles. The van der Waals surface area contributed by atoms with Crippen molar-refractivity contribution in [2.75, 3.05) is 0 Å². The third kappa shape index (κ3) is 4.79. The molecule has 3 aromatic heterocycles. The quantitative estimate of drug-likeness (QED) is 0.199. The first-order chi connectivity index (χ1) is 23.8. The number of aromatic nitrogens is 4. The van der Waals surface area contributed by atoms with E-state index in [1.807, 2.05) is 42.7 Å². The average molecular weight is 613 g/mol. The number of rotatable bonds is 3. The Balaban J connectivity index is 1.45. The molecule has 6 aromatic carbocycles. The lowest BCUT2D eigenvalue weighted by Gasteiger charge is -2.12. The lowest BCUT2D eigenvalue weighted by atomic mass is 9.94. The molecule has 0 fully saturated rings. The number of nitrogens with zero attached hydrogens (tertiary/aromatic N) is 4. The van der Waals surface area contributed by atoms with Crippen LogP contribution in [-0.2, 0) is 0 Å². The standard InChI is InChI=1S/C44H28N4/c1-2-15-34-32(13-1)33-14-3-4-16-35(33)37-18-7-8-20-39(37)41-25-29(21-22-40(41)38-19-6-5-17-36(34)38)44-47-42(30-11-9-23-45-27-30)26-43(48-44)31-12-10-24-46-28-31/h1-28H. The molecular weight excluding hydrogens is 585 g/mol. The highest BCUT2D eigenvalue weighted by atomic mass is 14.9. The Morgan fingerprint density at radius 3 is 1.04 bits per heavy atom. The maximum atomic E-state index is 5.12. The summed E-state index contributed by atoms with van der Waals surface area (Å²) in [7, 11) is 0. The van der Waals surface area contributed by atoms with Gasteiger partial charge in [0.1, 0.15) is 0 Å². The Morgan fingerprint density at radius 1 is 0.292 bits per heavy atom. The molecule has 0 amide bonds. The van der Waals surface area contributed by atoms with Gasteiger partial charge in [-0.3, -0.25) is 9.97 Å². The zero-order chi connectivity index (χ0) is 31.9. The first kappa shape index (κ1) is 27.8. The van der Waals surface area contributed by atoms with E-state index in [-0.39, 0.29) is 0 Å². The first-order valence-electron chi connectivity index (χ1n) is 16.0. The van der Waals surface area contributed by atoms with E-state index in [1.54, 1.807) is 12.4 Å². The van der Waals surface area contributed by atoms with Crippen molar-refractivity contribution < 1.29 is 0 Å². The minimum absolute atomic E-state index is 0.645. The van der Waals surface area contributed by atoms with Crippen LogP contribution in [0, 0.1) is 0 Å². The molecule has 0 N–H and O–H groups in total. The molecule has 0 saturated heterocycles. The summed E-state index contributed by atoms with van der Waals surface area (Å²) in [4.78, 5) is 19.0. The van der Waals surface area contributed by atoms with Gasteiger partial charge < -0.3 is 0 Å². The second-order valence-electron chi connectivity index (χ2n) is 11.9. The molecule has 0 atom stereocenters. The van der Waals surface area contributed by atoms with E-state index in [4.69, 9.17) is 9.97 Å². The normalized spacial score (nSPS) is 11.3. The van der Waals surface area contributed by atoms with Gasteiger partial charge >= 0.3 is 0 Å². The molecule has 0 spiro atoms. The van der Waals surface area contributed by atoms with Gasteiger partial charge in [-0.1, -0.05) is 109 Å². The number of benzene rings is 5. The summed E-state index contributed by atoms with van der Waals surface area (Å²) in [6.45, 7) is 0. The van der Waals surface area contributed by atoms with Gasteiger partial charge in [-0.05, 0) is 90.3 Å². The first-order valence-corrected chi connectivity index (χ1v) is 16.0. The molecule has 0 radical (unpaired) electrons. The molecule has 3 heterocycles. The highest BCUT2D eigenvalue weighted by molar-refractivity contribution is 6.26. The smallest absolute Gasteiger partial charge is 0.160 e. The predicted molar refractivity (Wildman–Crippen MR) is 199 cm³/mol. The molecule has 0 bridgehead atoms. The van der Waals surface area contributed by atoms with Crippen molar-refractivity contribution in [2.24, 2.45) is 0 Å². The third-order valence-electron chi connectivity index (χ3n) is 9.08. The van der Waals surface area contributed by atoms with Crippen LogP contribution in [0.4, 0.5) is 0 Å². The van der Waals surface area contributed by atoms with Crippen LogP contribution in [0.5, 0.6) is 0 Å². The molecule has 9 rings (SSSR count). The zero-order valence-electron chi connectivity index (χ0n) is 26.0. The Morgan fingerprint density at radius 2 is 0.667 bits per heavy atom. The van der Waals surface area contributed by atoms with Crippen molar-refractivity contribution in [3.05, 3.63) is 170 Å². The highest BCUT2D eigenvalue weighted by Crippen LogP contribution is 2.37. The van der Waals surface area contributed by atoms with E-state index in [1.165, 1.54) is 37.7 Å². The summed E-state index contributed by atoms with van der Waals surface area (Å²) in [5.41, 5.74) is 4.41. The SMILES string of the molecule is c1cncc(-c2cc(-c3cccnc3)nc(-c3ccc4c5ccccc5c5ccccc5c5ccccc5c5ccccc5c4c3)n2)c1. The molecule has 9 aromatic rings. The fourth-order valence-corrected chi connectivity index (χ4v) is 6.85. The number of hydrogen-bond donors (Lipinski definition) is 0. The van der Waals surface area contributed by atoms with Gasteiger partial charge in [-0.2, -0.15) is 0 Å². The Labute approximate surface area is 277 Å². The highest BCUT2D eigenvalue weighted by Gasteiger charge is 2.14. The van der Waals surface area contributed by atoms with Gasteiger partial charge in [0.25, 0.3) is 0 Å². The number of fused-ring (bicyclic) bond motifs is 10. The molecule has 4 nitrogen and oxygen atoms in total. The summed E-state index contributed by atoms with van der Waals surface area (Å²) in [5, 5.41) is 11.9. The second-order valence-corrected chi connectivity index (χ2v) is 11.9. The summed E-state index contributed by atoms with van der Waals surface area (Å²) in [6, 6.07) is 51.5. The average Bonchev–Trinajstić information content (AvgIpc) is 3.18. The summed E-state index contributed by atoms with van der Waals surface area (Å²) >= 11 is 0. The fraction of sp³-hybridized carbons (Fsp3) is 0. The van der Waals surface area contributed by atoms with Crippen molar-refractivity contribution in [2.45, 2.75) is 0 Å². The van der Waals surface area contributed by atoms with Gasteiger partial charge in [-0.15, -0.1) is 0 Å². The largest absolute Gasteiger partial charge is 0.264 e. The maximum absolute atomic E-state index is 5.12. The fourth-order valence-electron chi connectivity index (χ4n) is 6.85. The topological polar surface area (TPSA) is 51.6 Å². The van der Waals surface area contributed by atoms with E-state index in [0.29, 0.717) is 5.82 Å². The van der Waals surface area contributed by atoms with Crippen molar-refractivity contribution in [3.8, 4) is 33.9 Å². The van der Waals surface area contributed by atoms with Crippen LogP contribution in [0.1, 0.15) is 0 Å². The Hall–Kier alpha value is -6.52. The van der Waals surface area contributed by atoms with Crippen molar-refractivity contribution in [1.29, 1.82) is 0 Å². The maximum Gasteiger partial charge on any atom is 0.160 e. The van der Waals surface area contributed by atoms with E-state index in [2.05, 4.69) is 125 Å². The molecular formula is C44H28N4. The minimum atomic E-state index is 0.645. The second kappa shape index (κ2) is 11.7. The van der Waals surface area contributed by atoms with Gasteiger partial charge in [0.05, 0.1) is 11.4 Å². The van der Waals surface area contributed by atoms with Crippen LogP contribution < -0.4 is 0 Å². The zero-order valence-corrected chi connectivity index (χ0v) is 26.0. The van der Waals surface area contributed by atoms with E-state index in [9.17, 15) is 0 Å². The van der Waals surface area contributed by atoms with E-state index >= 15 is 0 Å². The number of hydrogen-bond acceptors (Lipinski definition) is 4. The van der Waals surface area contributed by atoms with Crippen LogP contribution in [0.25, 0.3) is 87.8 Å². The van der Waals surface area contributed by atoms with Crippen LogP contribution in [-0.4, -0.2) is 19.9 Å². The third-order valence-corrected chi connectivity index (χ3v) is 9.08. The Bertz CT molecular complexity index is 2590. The summed E-state index contributed by atoms with van der Waals surface area (Å²) in [5.74, 6) is 0.645. The summed E-state index contributed by atoms with van der Waals surface area (Å²) < 4.78 is 0. The molecule has 0 unspecified atom stereocenters. The Kier molecular flexibility index (Phi) is 6.76. The lowest BCUT2D eigenvalue weighted by Crippen LogP contribution is -1.96. The molecule has 4 heteroatoms. The van der Waals surface area contributed by atoms with Crippen molar-refractivity contribution in [3.63, 3.8) is 0 Å². The van der Waals surface area contributed by atoms with Crippen molar-refractivity contribution in [1.82, 2.24) is 19.9 Å². The molecule has 0 saturated carbocycles. The van der Waals surface area contributed by atoms with Gasteiger partial charge in [-0.25, -0.2) is 9.97 Å². The van der Waals surface area contributed by atoms with Crippen LogP contribution >= 0.6 is 0 Å². The predicted octanol–water partition coefficient (Wildman–Crippen LogP) is 11.2. The summed E-state index contributed by atoms with van der Waals surface area (Å²) in [6.07, 6.45) is 7.24. The van der Waals surface area contributed by atoms with Crippen molar-refractivity contribution >= 4 is 53.9 Å². The van der Waals surface area contributed by atoms with Gasteiger partial charge in [0.2, 0.25) is 0 Å². The minimum Gasteiger partial charge on any atom is -0.264 e. The van der Waals surface area contributed by atoms with Crippen LogP contribution in [0.2, 0.25) is 0 Å². The monoisotopic (exact) mass is 612 g/mol. The molecule has 224 valence electrons.